The van der Waals surface area contributed by atoms with Crippen LogP contribution in [0.2, 0.25) is 0 Å². The average molecular weight is 805 g/mol. The van der Waals surface area contributed by atoms with Crippen molar-refractivity contribution in [3.8, 4) is 22.3 Å². The molecule has 0 aliphatic rings. The molecule has 1 aromatic heterocycles. The Labute approximate surface area is 349 Å². The summed E-state index contributed by atoms with van der Waals surface area (Å²) in [7, 11) is 0. The van der Waals surface area contributed by atoms with Crippen LogP contribution in [0.4, 0.5) is 0 Å². The van der Waals surface area contributed by atoms with E-state index in [0.717, 1.165) is 28.7 Å². The van der Waals surface area contributed by atoms with E-state index >= 15 is 0 Å². The van der Waals surface area contributed by atoms with Gasteiger partial charge in [-0.2, -0.15) is 15.4 Å². The van der Waals surface area contributed by atoms with Gasteiger partial charge < -0.3 is 24.7 Å². The van der Waals surface area contributed by atoms with Crippen LogP contribution in [0.15, 0.2) is 115 Å². The van der Waals surface area contributed by atoms with Crippen molar-refractivity contribution in [1.29, 1.82) is 0 Å². The molecular formula is C48H60N4O7. The number of benzene rings is 4. The van der Waals surface area contributed by atoms with Crippen molar-refractivity contribution in [2.24, 2.45) is 23.5 Å². The van der Waals surface area contributed by atoms with E-state index in [0.29, 0.717) is 58.0 Å². The van der Waals surface area contributed by atoms with Gasteiger partial charge in [0.05, 0.1) is 44.5 Å². The zero-order valence-electron chi connectivity index (χ0n) is 34.9. The van der Waals surface area contributed by atoms with Crippen LogP contribution in [0.25, 0.3) is 22.3 Å². The van der Waals surface area contributed by atoms with Crippen molar-refractivity contribution >= 4 is 17.7 Å². The number of carbonyl (C=O) groups is 3. The van der Waals surface area contributed by atoms with E-state index in [-0.39, 0.29) is 48.6 Å². The normalized spacial score (nSPS) is 13.0. The van der Waals surface area contributed by atoms with Crippen LogP contribution in [0.3, 0.4) is 0 Å². The molecule has 4 aromatic carbocycles. The highest BCUT2D eigenvalue weighted by atomic mass is 16.5. The monoisotopic (exact) mass is 804 g/mol. The lowest BCUT2D eigenvalue weighted by Gasteiger charge is -2.22. The second-order valence-corrected chi connectivity index (χ2v) is 14.3. The summed E-state index contributed by atoms with van der Waals surface area (Å²) in [6.45, 7) is 9.80. The highest BCUT2D eigenvalue weighted by Crippen LogP contribution is 2.26. The van der Waals surface area contributed by atoms with Gasteiger partial charge in [-0.15, -0.1) is 0 Å². The van der Waals surface area contributed by atoms with E-state index < -0.39 is 5.92 Å². The van der Waals surface area contributed by atoms with Gasteiger partial charge in [0.25, 0.3) is 0 Å². The second kappa shape index (κ2) is 25.8. The number of ether oxygens (including phenoxy) is 4. The Morgan fingerprint density at radius 1 is 0.593 bits per heavy atom. The fourth-order valence-corrected chi connectivity index (χ4v) is 6.86. The van der Waals surface area contributed by atoms with Gasteiger partial charge >= 0.3 is 11.9 Å². The third-order valence-electron chi connectivity index (χ3n) is 9.81. The summed E-state index contributed by atoms with van der Waals surface area (Å²) in [5.74, 6) is -1.43. The number of hydrogen-bond acceptors (Lipinski definition) is 10. The molecule has 0 radical (unpaired) electrons. The highest BCUT2D eigenvalue weighted by Gasteiger charge is 2.27. The first kappa shape index (κ1) is 46.2. The van der Waals surface area contributed by atoms with Crippen molar-refractivity contribution in [3.63, 3.8) is 0 Å². The number of nitrogens with zero attached hydrogens (tertiary/aromatic N) is 2. The lowest BCUT2D eigenvalue weighted by molar-refractivity contribution is -0.151. The number of aromatic amines is 1. The summed E-state index contributed by atoms with van der Waals surface area (Å²) in [6, 6.07) is 37.1. The molecule has 0 spiro atoms. The lowest BCUT2D eigenvalue weighted by Crippen LogP contribution is -2.32. The third-order valence-corrected chi connectivity index (χ3v) is 9.81. The summed E-state index contributed by atoms with van der Waals surface area (Å²) < 4.78 is 21.4. The molecule has 1 heterocycles. The molecule has 314 valence electrons. The maximum absolute atomic E-state index is 12.8. The molecule has 11 nitrogen and oxygen atoms in total. The van der Waals surface area contributed by atoms with E-state index in [1.54, 1.807) is 6.92 Å². The van der Waals surface area contributed by atoms with Gasteiger partial charge in [-0.05, 0) is 92.7 Å². The maximum atomic E-state index is 12.8. The lowest BCUT2D eigenvalue weighted by atomic mass is 9.85. The number of nitrogens with two attached hydrogens (primary N) is 1. The first-order valence-corrected chi connectivity index (χ1v) is 20.7. The first-order valence-electron chi connectivity index (χ1n) is 20.7. The predicted molar refractivity (Wildman–Crippen MR) is 230 cm³/mol. The number of nitrogens with one attached hydrogen (secondary N) is 1. The standard InChI is InChI=1S/C26H31N3O4.C22H29NO3/c1-3-32-18-23(26(31)33-4-2)15-20(16-25(30)24-17-27-29-28-24)14-19-10-12-22(13-11-19)21-8-6-5-7-9-21;1-3-25-16-20(22(24)26-4-2)15-21(23)14-17-10-12-19(13-11-17)18-8-6-5-7-9-18/h5-13,17,20,23H,3-4,14-16,18H2,1-2H3,(H,27,28,29);5-13,20-21H,3-4,14-16,23H2,1-2H3/t20-,23+;20-,21+/m10/s1. The molecule has 0 fully saturated rings. The van der Waals surface area contributed by atoms with Crippen molar-refractivity contribution in [1.82, 2.24) is 15.4 Å². The smallest absolute Gasteiger partial charge is 0.311 e. The molecule has 0 bridgehead atoms. The minimum atomic E-state index is -0.427. The van der Waals surface area contributed by atoms with Crippen molar-refractivity contribution in [3.05, 3.63) is 132 Å². The summed E-state index contributed by atoms with van der Waals surface area (Å²) in [4.78, 5) is 37.4. The predicted octanol–water partition coefficient (Wildman–Crippen LogP) is 8.34. The van der Waals surface area contributed by atoms with Gasteiger partial charge in [0.1, 0.15) is 5.69 Å². The molecule has 59 heavy (non-hydrogen) atoms. The molecule has 5 rings (SSSR count). The largest absolute Gasteiger partial charge is 0.466 e. The van der Waals surface area contributed by atoms with Crippen molar-refractivity contribution in [2.45, 2.75) is 65.8 Å². The van der Waals surface area contributed by atoms with Gasteiger partial charge in [-0.3, -0.25) is 14.4 Å². The minimum Gasteiger partial charge on any atom is -0.466 e. The second-order valence-electron chi connectivity index (χ2n) is 14.3. The molecule has 0 saturated carbocycles. The molecular weight excluding hydrogens is 745 g/mol. The Morgan fingerprint density at radius 2 is 1.05 bits per heavy atom. The number of esters is 2. The minimum absolute atomic E-state index is 0.0772. The number of Topliss-reactive ketones (excluding diaryl/α,β-unsaturated/α-hetero) is 1. The van der Waals surface area contributed by atoms with Crippen LogP contribution in [0.5, 0.6) is 0 Å². The molecule has 5 aromatic rings. The Balaban J connectivity index is 0.000000268. The van der Waals surface area contributed by atoms with Crippen LogP contribution in [0, 0.1) is 17.8 Å². The summed E-state index contributed by atoms with van der Waals surface area (Å²) in [5, 5.41) is 10.1. The molecule has 11 heteroatoms. The van der Waals surface area contributed by atoms with Gasteiger partial charge in [0.15, 0.2) is 5.78 Å². The average Bonchev–Trinajstić information content (AvgIpc) is 3.81. The fourth-order valence-electron chi connectivity index (χ4n) is 6.86. The number of ketones is 1. The number of hydrogen-bond donors (Lipinski definition) is 2. The van der Waals surface area contributed by atoms with Crippen LogP contribution in [0.1, 0.15) is 68.6 Å². The molecule has 3 N–H and O–H groups in total. The van der Waals surface area contributed by atoms with E-state index in [2.05, 4.69) is 88.2 Å². The molecule has 4 atom stereocenters. The van der Waals surface area contributed by atoms with Gasteiger partial charge in [-0.1, -0.05) is 109 Å². The summed E-state index contributed by atoms with van der Waals surface area (Å²) >= 11 is 0. The Morgan fingerprint density at radius 3 is 1.49 bits per heavy atom. The van der Waals surface area contributed by atoms with Crippen LogP contribution in [-0.4, -0.2) is 78.8 Å². The number of aromatic nitrogens is 3. The SMILES string of the molecule is CCOC[C@H](C[C@H](CC(=O)c1cn[nH]n1)Cc1ccc(-c2ccccc2)cc1)C(=O)OCC.CCOC[C@H](C[C@H](N)Cc1ccc(-c2ccccc2)cc1)C(=O)OCC. The molecule has 0 aliphatic heterocycles. The topological polar surface area (TPSA) is 156 Å². The van der Waals surface area contributed by atoms with E-state index in [1.807, 2.05) is 57.2 Å². The Bertz CT molecular complexity index is 1920. The van der Waals surface area contributed by atoms with Crippen molar-refractivity contribution in [2.75, 3.05) is 39.6 Å². The fraction of sp³-hybridized carbons (Fsp3) is 0.396. The van der Waals surface area contributed by atoms with Crippen LogP contribution >= 0.6 is 0 Å². The zero-order chi connectivity index (χ0) is 42.2. The van der Waals surface area contributed by atoms with Crippen LogP contribution < -0.4 is 5.73 Å². The number of rotatable bonds is 23. The van der Waals surface area contributed by atoms with Gasteiger partial charge in [-0.25, -0.2) is 0 Å². The van der Waals surface area contributed by atoms with Crippen LogP contribution in [-0.2, 0) is 41.4 Å². The third kappa shape index (κ3) is 16.0. The number of carbonyl (C=O) groups excluding carboxylic acids is 3. The van der Waals surface area contributed by atoms with Gasteiger partial charge in [0.2, 0.25) is 0 Å². The Hall–Kier alpha value is -5.49. The van der Waals surface area contributed by atoms with Gasteiger partial charge in [0, 0.05) is 25.7 Å². The number of H-pyrrole nitrogens is 1. The quantitative estimate of drug-likeness (QED) is 0.0486. The maximum Gasteiger partial charge on any atom is 0.311 e. The van der Waals surface area contributed by atoms with Crippen molar-refractivity contribution < 1.29 is 33.3 Å². The first-order chi connectivity index (χ1) is 28.7. The summed E-state index contributed by atoms with van der Waals surface area (Å²) in [5.41, 5.74) is 13.5. The molecule has 0 aliphatic carbocycles. The zero-order valence-corrected chi connectivity index (χ0v) is 34.9. The molecule has 0 saturated heterocycles. The van der Waals surface area contributed by atoms with E-state index in [9.17, 15) is 14.4 Å². The Kier molecular flexibility index (Phi) is 20.2. The summed E-state index contributed by atoms with van der Waals surface area (Å²) in [6.07, 6.45) is 4.10. The van der Waals surface area contributed by atoms with E-state index in [4.69, 9.17) is 24.7 Å². The molecule has 0 unspecified atom stereocenters. The van der Waals surface area contributed by atoms with E-state index in [1.165, 1.54) is 17.3 Å². The highest BCUT2D eigenvalue weighted by molar-refractivity contribution is 5.94. The molecule has 0 amide bonds.